The van der Waals surface area contributed by atoms with E-state index in [2.05, 4.69) is 4.74 Å². The Hall–Kier alpha value is -0.820. The van der Waals surface area contributed by atoms with Gasteiger partial charge in [0.25, 0.3) is 0 Å². The maximum absolute atomic E-state index is 11.9. The summed E-state index contributed by atoms with van der Waals surface area (Å²) >= 11 is 0. The van der Waals surface area contributed by atoms with E-state index in [4.69, 9.17) is 11.5 Å². The third kappa shape index (κ3) is 4.43. The molecular formula is C7H13F3N2O2. The van der Waals surface area contributed by atoms with Gasteiger partial charge in [0.05, 0.1) is 7.11 Å². The van der Waals surface area contributed by atoms with Crippen LogP contribution in [0.4, 0.5) is 13.2 Å². The second-order valence-electron chi connectivity index (χ2n) is 2.86. The van der Waals surface area contributed by atoms with Crippen molar-refractivity contribution in [2.75, 3.05) is 7.11 Å². The number of carbonyl (C=O) groups excluding carboxylic acids is 1. The van der Waals surface area contributed by atoms with Crippen LogP contribution in [0.25, 0.3) is 0 Å². The lowest BCUT2D eigenvalue weighted by atomic mass is 10.1. The van der Waals surface area contributed by atoms with E-state index < -0.39 is 24.2 Å². The van der Waals surface area contributed by atoms with Gasteiger partial charge in [-0.15, -0.1) is 0 Å². The molecule has 84 valence electrons. The summed E-state index contributed by atoms with van der Waals surface area (Å²) in [5.41, 5.74) is 10.0. The first-order valence-electron chi connectivity index (χ1n) is 3.94. The molecule has 4 N–H and O–H groups in total. The summed E-state index contributed by atoms with van der Waals surface area (Å²) < 4.78 is 39.9. The summed E-state index contributed by atoms with van der Waals surface area (Å²) in [6.07, 6.45) is -4.98. The molecule has 0 fully saturated rings. The number of alkyl halides is 3. The summed E-state index contributed by atoms with van der Waals surface area (Å²) in [7, 11) is 1.12. The smallest absolute Gasteiger partial charge is 0.403 e. The standard InChI is InChI=1S/C7H13F3N2O2/c1-14-6(13)4(11)2-3-5(12)7(8,9)10/h4-5H,2-3,11-12H2,1H3. The summed E-state index contributed by atoms with van der Waals surface area (Å²) in [5.74, 6) is -0.737. The zero-order valence-corrected chi connectivity index (χ0v) is 7.67. The summed E-state index contributed by atoms with van der Waals surface area (Å²) in [6, 6.07) is -2.99. The zero-order chi connectivity index (χ0) is 11.4. The van der Waals surface area contributed by atoms with Crippen LogP contribution in [0.5, 0.6) is 0 Å². The van der Waals surface area contributed by atoms with Gasteiger partial charge in [0.2, 0.25) is 0 Å². The van der Waals surface area contributed by atoms with Crippen molar-refractivity contribution in [3.05, 3.63) is 0 Å². The molecule has 0 rings (SSSR count). The molecule has 4 nitrogen and oxygen atoms in total. The van der Waals surface area contributed by atoms with Crippen LogP contribution in [0.2, 0.25) is 0 Å². The Kier molecular flexibility index (Phi) is 4.86. The van der Waals surface area contributed by atoms with Gasteiger partial charge in [-0.05, 0) is 12.8 Å². The molecule has 0 saturated carbocycles. The summed E-state index contributed by atoms with van der Waals surface area (Å²) in [5, 5.41) is 0. The van der Waals surface area contributed by atoms with Crippen molar-refractivity contribution >= 4 is 5.97 Å². The Balaban J connectivity index is 3.89. The lowest BCUT2D eigenvalue weighted by Gasteiger charge is -2.16. The zero-order valence-electron chi connectivity index (χ0n) is 7.67. The topological polar surface area (TPSA) is 78.3 Å². The molecule has 14 heavy (non-hydrogen) atoms. The molecule has 0 bridgehead atoms. The van der Waals surface area contributed by atoms with E-state index in [-0.39, 0.29) is 12.8 Å². The average Bonchev–Trinajstić information content (AvgIpc) is 2.10. The van der Waals surface area contributed by atoms with Crippen LogP contribution >= 0.6 is 0 Å². The molecule has 0 aliphatic heterocycles. The third-order valence-electron chi connectivity index (χ3n) is 1.71. The molecule has 2 unspecified atom stereocenters. The van der Waals surface area contributed by atoms with Crippen molar-refractivity contribution in [1.82, 2.24) is 0 Å². The number of hydrogen-bond donors (Lipinski definition) is 2. The Morgan fingerprint density at radius 1 is 1.36 bits per heavy atom. The molecule has 0 saturated heterocycles. The number of halogens is 3. The van der Waals surface area contributed by atoms with E-state index in [0.29, 0.717) is 0 Å². The number of rotatable bonds is 4. The number of methoxy groups -OCH3 is 1. The number of hydrogen-bond acceptors (Lipinski definition) is 4. The predicted octanol–water partition coefficient (Wildman–Crippen LogP) is 0.156. The van der Waals surface area contributed by atoms with Crippen molar-refractivity contribution in [2.45, 2.75) is 31.1 Å². The molecule has 0 spiro atoms. The molecule has 0 radical (unpaired) electrons. The number of esters is 1. The van der Waals surface area contributed by atoms with Gasteiger partial charge in [0, 0.05) is 0 Å². The minimum atomic E-state index is -4.45. The minimum absolute atomic E-state index is 0.145. The first-order chi connectivity index (χ1) is 6.29. The van der Waals surface area contributed by atoms with Crippen molar-refractivity contribution in [1.29, 1.82) is 0 Å². The monoisotopic (exact) mass is 214 g/mol. The fourth-order valence-electron chi connectivity index (χ4n) is 0.792. The Labute approximate surface area is 79.4 Å². The third-order valence-corrected chi connectivity index (χ3v) is 1.71. The first-order valence-corrected chi connectivity index (χ1v) is 3.94. The van der Waals surface area contributed by atoms with Gasteiger partial charge in [-0.3, -0.25) is 4.79 Å². The molecule has 7 heteroatoms. The molecule has 0 aliphatic carbocycles. The van der Waals surface area contributed by atoms with Gasteiger partial charge in [0.15, 0.2) is 0 Å². The van der Waals surface area contributed by atoms with E-state index in [1.807, 2.05) is 0 Å². The van der Waals surface area contributed by atoms with Gasteiger partial charge in [-0.25, -0.2) is 0 Å². The lowest BCUT2D eigenvalue weighted by molar-refractivity contribution is -0.151. The minimum Gasteiger partial charge on any atom is -0.468 e. The maximum atomic E-state index is 11.9. The van der Waals surface area contributed by atoms with Crippen LogP contribution in [0.15, 0.2) is 0 Å². The van der Waals surface area contributed by atoms with Crippen LogP contribution in [-0.4, -0.2) is 31.3 Å². The van der Waals surface area contributed by atoms with E-state index in [0.717, 1.165) is 7.11 Å². The van der Waals surface area contributed by atoms with Gasteiger partial charge in [0.1, 0.15) is 12.1 Å². The lowest BCUT2D eigenvalue weighted by Crippen LogP contribution is -2.40. The van der Waals surface area contributed by atoms with Crippen molar-refractivity contribution in [3.8, 4) is 0 Å². The molecule has 2 atom stereocenters. The SMILES string of the molecule is COC(=O)C(N)CCC(N)C(F)(F)F. The molecule has 0 aliphatic rings. The van der Waals surface area contributed by atoms with Gasteiger partial charge < -0.3 is 16.2 Å². The van der Waals surface area contributed by atoms with Crippen LogP contribution in [-0.2, 0) is 9.53 Å². The second kappa shape index (κ2) is 5.16. The Bertz CT molecular complexity index is 196. The normalized spacial score (nSPS) is 16.1. The van der Waals surface area contributed by atoms with E-state index in [9.17, 15) is 18.0 Å². The van der Waals surface area contributed by atoms with Crippen molar-refractivity contribution < 1.29 is 22.7 Å². The highest BCUT2D eigenvalue weighted by atomic mass is 19.4. The van der Waals surface area contributed by atoms with E-state index >= 15 is 0 Å². The highest BCUT2D eigenvalue weighted by Gasteiger charge is 2.36. The summed E-state index contributed by atoms with van der Waals surface area (Å²) in [6.45, 7) is 0. The molecule has 0 aromatic carbocycles. The fourth-order valence-corrected chi connectivity index (χ4v) is 0.792. The quantitative estimate of drug-likeness (QED) is 0.653. The average molecular weight is 214 g/mol. The maximum Gasteiger partial charge on any atom is 0.403 e. The van der Waals surface area contributed by atoms with Crippen molar-refractivity contribution in [2.24, 2.45) is 11.5 Å². The second-order valence-corrected chi connectivity index (χ2v) is 2.86. The van der Waals surface area contributed by atoms with E-state index in [1.54, 1.807) is 0 Å². The van der Waals surface area contributed by atoms with Crippen LogP contribution in [0, 0.1) is 0 Å². The summed E-state index contributed by atoms with van der Waals surface area (Å²) in [4.78, 5) is 10.7. The van der Waals surface area contributed by atoms with Gasteiger partial charge in [-0.1, -0.05) is 0 Å². The molecule has 0 aromatic rings. The molecular weight excluding hydrogens is 201 g/mol. The van der Waals surface area contributed by atoms with Crippen LogP contribution in [0.1, 0.15) is 12.8 Å². The van der Waals surface area contributed by atoms with E-state index in [1.165, 1.54) is 0 Å². The van der Waals surface area contributed by atoms with Crippen LogP contribution < -0.4 is 11.5 Å². The first kappa shape index (κ1) is 13.2. The molecule has 0 heterocycles. The highest BCUT2D eigenvalue weighted by Crippen LogP contribution is 2.21. The largest absolute Gasteiger partial charge is 0.468 e. The predicted molar refractivity (Wildman–Crippen MR) is 43.3 cm³/mol. The molecule has 0 aromatic heterocycles. The van der Waals surface area contributed by atoms with Gasteiger partial charge in [-0.2, -0.15) is 13.2 Å². The number of nitrogens with two attached hydrogens (primary N) is 2. The Morgan fingerprint density at radius 2 is 1.86 bits per heavy atom. The highest BCUT2D eigenvalue weighted by molar-refractivity contribution is 5.75. The number of ether oxygens (including phenoxy) is 1. The molecule has 0 amide bonds. The Morgan fingerprint density at radius 3 is 2.21 bits per heavy atom. The fraction of sp³-hybridized carbons (Fsp3) is 0.857. The van der Waals surface area contributed by atoms with Crippen LogP contribution in [0.3, 0.4) is 0 Å². The van der Waals surface area contributed by atoms with Gasteiger partial charge >= 0.3 is 12.1 Å². The number of carbonyl (C=O) groups is 1. The van der Waals surface area contributed by atoms with Crippen molar-refractivity contribution in [3.63, 3.8) is 0 Å².